The Hall–Kier alpha value is -2.04. The van der Waals surface area contributed by atoms with E-state index in [9.17, 15) is 43.9 Å². The van der Waals surface area contributed by atoms with Crippen molar-refractivity contribution in [3.8, 4) is 0 Å². The standard InChI is InChI=1S/C18H11F10S/c19-14(20)16(23,24)18(27,28)17(25,26)15(21,22)9-29-12-7-3-1-5-10(12)11-6-2-4-8-13(11)29/h1-8,14H,9H2/q+1. The molecule has 3 rings (SSSR count). The lowest BCUT2D eigenvalue weighted by Crippen LogP contribution is -2.64. The number of hydrogen-bond donors (Lipinski definition) is 0. The molecule has 0 saturated carbocycles. The molecule has 0 fully saturated rings. The number of thiophene rings is 1. The van der Waals surface area contributed by atoms with Gasteiger partial charge in [-0.25, -0.2) is 8.78 Å². The van der Waals surface area contributed by atoms with E-state index in [-0.39, 0.29) is 9.40 Å². The summed E-state index contributed by atoms with van der Waals surface area (Å²) < 4.78 is 134. The summed E-state index contributed by atoms with van der Waals surface area (Å²) in [5.74, 6) is -28.0. The minimum Gasteiger partial charge on any atom is -0.203 e. The third kappa shape index (κ3) is 3.04. The molecule has 3 aromatic rings. The summed E-state index contributed by atoms with van der Waals surface area (Å²) in [6.07, 6.45) is -5.26. The topological polar surface area (TPSA) is 0 Å². The normalized spacial score (nSPS) is 14.3. The van der Waals surface area contributed by atoms with Gasteiger partial charge in [-0.2, -0.15) is 35.1 Å². The number of halogens is 10. The predicted molar refractivity (Wildman–Crippen MR) is 89.7 cm³/mol. The molecule has 0 spiro atoms. The molecule has 1 aromatic heterocycles. The molecule has 1 heterocycles. The van der Waals surface area contributed by atoms with E-state index in [4.69, 9.17) is 0 Å². The molecule has 0 N–H and O–H groups in total. The SMILES string of the molecule is FC(F)C(F)(F)C(F)(F)C(F)(F)C(F)(F)C[s+]1c2ccccc2c2ccccc21. The molecule has 0 radical (unpaired) electrons. The monoisotopic (exact) mass is 449 g/mol. The Balaban J connectivity index is 2.14. The molecule has 0 aliphatic heterocycles. The van der Waals surface area contributed by atoms with Crippen LogP contribution in [0.3, 0.4) is 0 Å². The Labute approximate surface area is 159 Å². The van der Waals surface area contributed by atoms with Crippen LogP contribution in [0.2, 0.25) is 0 Å². The quantitative estimate of drug-likeness (QED) is 0.269. The van der Waals surface area contributed by atoms with Crippen molar-refractivity contribution in [2.24, 2.45) is 0 Å². The molecule has 0 unspecified atom stereocenters. The zero-order valence-electron chi connectivity index (χ0n) is 14.1. The average Bonchev–Trinajstić information content (AvgIpc) is 2.95. The Kier molecular flexibility index (Phi) is 5.04. The van der Waals surface area contributed by atoms with Gasteiger partial charge in [0, 0.05) is 10.8 Å². The van der Waals surface area contributed by atoms with Crippen LogP contribution in [0.4, 0.5) is 43.9 Å². The molecule has 29 heavy (non-hydrogen) atoms. The second-order valence-electron chi connectivity index (χ2n) is 6.30. The summed E-state index contributed by atoms with van der Waals surface area (Å²) in [7, 11) is -1.86. The van der Waals surface area contributed by atoms with E-state index < -0.39 is 46.3 Å². The number of benzene rings is 2. The van der Waals surface area contributed by atoms with Crippen LogP contribution < -0.4 is 0 Å². The fourth-order valence-corrected chi connectivity index (χ4v) is 5.39. The van der Waals surface area contributed by atoms with E-state index in [0.717, 1.165) is 0 Å². The second-order valence-corrected chi connectivity index (χ2v) is 8.25. The van der Waals surface area contributed by atoms with Crippen LogP contribution in [0.25, 0.3) is 20.2 Å². The fraction of sp³-hybridized carbons (Fsp3) is 0.333. The number of hydrogen-bond acceptors (Lipinski definition) is 0. The zero-order chi connectivity index (χ0) is 21.8. The number of alkyl halides is 10. The first-order chi connectivity index (χ1) is 13.3. The molecule has 2 aromatic carbocycles. The molecule has 0 nitrogen and oxygen atoms in total. The Morgan fingerprint density at radius 3 is 1.48 bits per heavy atom. The van der Waals surface area contributed by atoms with Gasteiger partial charge in [-0.3, -0.25) is 0 Å². The zero-order valence-corrected chi connectivity index (χ0v) is 14.9. The van der Waals surface area contributed by atoms with Gasteiger partial charge in [0.2, 0.25) is 0 Å². The highest BCUT2D eigenvalue weighted by Crippen LogP contribution is 2.57. The average molecular weight is 449 g/mol. The van der Waals surface area contributed by atoms with Crippen molar-refractivity contribution in [3.63, 3.8) is 0 Å². The van der Waals surface area contributed by atoms with E-state index in [1.807, 2.05) is 0 Å². The highest BCUT2D eigenvalue weighted by atomic mass is 32.2. The first kappa shape index (κ1) is 21.7. The highest BCUT2D eigenvalue weighted by Gasteiger charge is 2.83. The van der Waals surface area contributed by atoms with Crippen LogP contribution in [0, 0.1) is 0 Å². The third-order valence-electron chi connectivity index (χ3n) is 4.47. The van der Waals surface area contributed by atoms with Gasteiger partial charge in [0.25, 0.3) is 0 Å². The molecule has 158 valence electrons. The maximum absolute atomic E-state index is 14.3. The Bertz CT molecular complexity index is 984. The first-order valence-corrected chi connectivity index (χ1v) is 9.34. The predicted octanol–water partition coefficient (Wildman–Crippen LogP) is 7.55. The maximum Gasteiger partial charge on any atom is 0.384 e. The largest absolute Gasteiger partial charge is 0.384 e. The minimum atomic E-state index is -6.97. The Morgan fingerprint density at radius 1 is 0.655 bits per heavy atom. The third-order valence-corrected chi connectivity index (χ3v) is 6.89. The van der Waals surface area contributed by atoms with Crippen molar-refractivity contribution < 1.29 is 43.9 Å². The second kappa shape index (κ2) is 6.75. The smallest absolute Gasteiger partial charge is 0.203 e. The van der Waals surface area contributed by atoms with Crippen LogP contribution in [0.5, 0.6) is 0 Å². The maximum atomic E-state index is 14.3. The summed E-state index contributed by atoms with van der Waals surface area (Å²) >= 11 is 0. The summed E-state index contributed by atoms with van der Waals surface area (Å²) in [6.45, 7) is 0. The lowest BCUT2D eigenvalue weighted by Gasteiger charge is -2.35. The fourth-order valence-electron chi connectivity index (χ4n) is 2.93. The van der Waals surface area contributed by atoms with E-state index in [1.165, 1.54) is 36.4 Å². The number of fused-ring (bicyclic) bond motifs is 3. The number of rotatable bonds is 6. The van der Waals surface area contributed by atoms with Crippen LogP contribution in [-0.4, -0.2) is 30.1 Å². The molecule has 11 heteroatoms. The van der Waals surface area contributed by atoms with Gasteiger partial charge in [-0.05, 0) is 34.7 Å². The van der Waals surface area contributed by atoms with Gasteiger partial charge < -0.3 is 0 Å². The van der Waals surface area contributed by atoms with Gasteiger partial charge in [-0.1, -0.05) is 24.3 Å². The minimum absolute atomic E-state index is 0.146. The van der Waals surface area contributed by atoms with E-state index in [2.05, 4.69) is 0 Å². The van der Waals surface area contributed by atoms with Crippen molar-refractivity contribution >= 4 is 30.6 Å². The summed E-state index contributed by atoms with van der Waals surface area (Å²) in [6, 6.07) is 11.6. The van der Waals surface area contributed by atoms with E-state index in [0.29, 0.717) is 10.8 Å². The van der Waals surface area contributed by atoms with Crippen molar-refractivity contribution in [2.75, 3.05) is 0 Å². The molecular formula is C18H11F10S+. The van der Waals surface area contributed by atoms with Gasteiger partial charge >= 0.3 is 30.1 Å². The molecule has 0 aliphatic rings. The van der Waals surface area contributed by atoms with Crippen LogP contribution in [0.1, 0.15) is 0 Å². The van der Waals surface area contributed by atoms with Gasteiger partial charge in [-0.15, -0.1) is 0 Å². The van der Waals surface area contributed by atoms with Gasteiger partial charge in [0.05, 0.1) is 0 Å². The van der Waals surface area contributed by atoms with Crippen LogP contribution in [-0.2, 0) is 5.75 Å². The van der Waals surface area contributed by atoms with Crippen molar-refractivity contribution in [1.29, 1.82) is 0 Å². The highest BCUT2D eigenvalue weighted by molar-refractivity contribution is 7.42. The first-order valence-electron chi connectivity index (χ1n) is 7.94. The summed E-state index contributed by atoms with van der Waals surface area (Å²) in [5, 5.41) is 0.824. The van der Waals surface area contributed by atoms with Gasteiger partial charge in [0.1, 0.15) is 0 Å². The molecule has 0 amide bonds. The van der Waals surface area contributed by atoms with Crippen molar-refractivity contribution in [3.05, 3.63) is 48.5 Å². The van der Waals surface area contributed by atoms with Gasteiger partial charge in [0.15, 0.2) is 15.2 Å². The molecule has 0 saturated heterocycles. The van der Waals surface area contributed by atoms with E-state index >= 15 is 0 Å². The van der Waals surface area contributed by atoms with Crippen molar-refractivity contribution in [2.45, 2.75) is 35.9 Å². The molecular weight excluding hydrogens is 438 g/mol. The summed E-state index contributed by atoms with van der Waals surface area (Å²) in [4.78, 5) is 0. The van der Waals surface area contributed by atoms with E-state index in [1.54, 1.807) is 12.1 Å². The lowest BCUT2D eigenvalue weighted by atomic mass is 10.00. The van der Waals surface area contributed by atoms with Crippen molar-refractivity contribution in [1.82, 2.24) is 0 Å². The lowest BCUT2D eigenvalue weighted by molar-refractivity contribution is -0.381. The Morgan fingerprint density at radius 2 is 1.07 bits per heavy atom. The summed E-state index contributed by atoms with van der Waals surface area (Å²) in [5.41, 5.74) is 0. The van der Waals surface area contributed by atoms with Crippen LogP contribution in [0.15, 0.2) is 48.5 Å². The molecule has 0 atom stereocenters. The van der Waals surface area contributed by atoms with Crippen LogP contribution >= 0.6 is 10.5 Å². The molecule has 0 aliphatic carbocycles. The molecule has 0 bridgehead atoms.